The number of nitrogens with one attached hydrogen (secondary N) is 1. The molecule has 2 aromatic rings. The third-order valence-electron chi connectivity index (χ3n) is 4.57. The number of benzene rings is 2. The van der Waals surface area contributed by atoms with E-state index in [9.17, 15) is 14.7 Å². The molecule has 1 amide bonds. The van der Waals surface area contributed by atoms with E-state index in [0.717, 1.165) is 23.3 Å². The number of aliphatic carboxylic acids is 1. The van der Waals surface area contributed by atoms with Crippen LogP contribution >= 0.6 is 11.6 Å². The fourth-order valence-corrected chi connectivity index (χ4v) is 3.47. The van der Waals surface area contributed by atoms with Crippen molar-refractivity contribution in [3.05, 3.63) is 58.1 Å². The molecule has 2 heterocycles. The molecule has 0 saturated heterocycles. The van der Waals surface area contributed by atoms with Crippen LogP contribution in [-0.4, -0.2) is 29.7 Å². The summed E-state index contributed by atoms with van der Waals surface area (Å²) in [5.41, 5.74) is 2.29. The first-order valence-corrected chi connectivity index (χ1v) is 8.63. The van der Waals surface area contributed by atoms with Crippen molar-refractivity contribution >= 4 is 23.5 Å². The Balaban J connectivity index is 1.51. The third-order valence-corrected chi connectivity index (χ3v) is 4.80. The van der Waals surface area contributed by atoms with E-state index in [1.807, 2.05) is 0 Å². The lowest BCUT2D eigenvalue weighted by Gasteiger charge is -2.18. The van der Waals surface area contributed by atoms with Gasteiger partial charge in [-0.1, -0.05) is 17.7 Å². The first-order valence-electron chi connectivity index (χ1n) is 8.25. The molecule has 2 aliphatic heterocycles. The van der Waals surface area contributed by atoms with Crippen LogP contribution in [0.15, 0.2) is 36.4 Å². The van der Waals surface area contributed by atoms with Crippen molar-refractivity contribution in [3.8, 4) is 11.5 Å². The second-order valence-electron chi connectivity index (χ2n) is 6.31. The van der Waals surface area contributed by atoms with Crippen LogP contribution in [0.5, 0.6) is 11.5 Å². The van der Waals surface area contributed by atoms with E-state index in [1.165, 1.54) is 0 Å². The van der Waals surface area contributed by atoms with Gasteiger partial charge in [-0.05, 0) is 47.0 Å². The molecule has 134 valence electrons. The van der Waals surface area contributed by atoms with Gasteiger partial charge < -0.3 is 19.9 Å². The molecule has 2 atom stereocenters. The van der Waals surface area contributed by atoms with Gasteiger partial charge in [0.15, 0.2) is 12.1 Å². The lowest BCUT2D eigenvalue weighted by atomic mass is 10.0. The van der Waals surface area contributed by atoms with Crippen LogP contribution in [0.4, 0.5) is 0 Å². The normalized spacial score (nSPS) is 18.3. The van der Waals surface area contributed by atoms with Crippen LogP contribution in [0, 0.1) is 0 Å². The summed E-state index contributed by atoms with van der Waals surface area (Å²) >= 11 is 5.96. The Morgan fingerprint density at radius 3 is 2.77 bits per heavy atom. The molecule has 0 spiro atoms. The monoisotopic (exact) mass is 373 g/mol. The van der Waals surface area contributed by atoms with E-state index in [0.29, 0.717) is 29.4 Å². The number of fused-ring (bicyclic) bond motifs is 2. The highest BCUT2D eigenvalue weighted by Crippen LogP contribution is 2.32. The van der Waals surface area contributed by atoms with E-state index in [2.05, 4.69) is 5.32 Å². The molecule has 26 heavy (non-hydrogen) atoms. The molecule has 4 rings (SSSR count). The zero-order valence-electron chi connectivity index (χ0n) is 13.7. The molecule has 0 radical (unpaired) electrons. The summed E-state index contributed by atoms with van der Waals surface area (Å²) in [6.45, 7) is 0.583. The zero-order chi connectivity index (χ0) is 18.3. The van der Waals surface area contributed by atoms with Gasteiger partial charge in [0.25, 0.3) is 5.91 Å². The number of hydrogen-bond acceptors (Lipinski definition) is 4. The van der Waals surface area contributed by atoms with E-state index >= 15 is 0 Å². The summed E-state index contributed by atoms with van der Waals surface area (Å²) in [6, 6.07) is 9.17. The summed E-state index contributed by atoms with van der Waals surface area (Å²) in [5, 5.41) is 12.7. The predicted molar refractivity (Wildman–Crippen MR) is 93.7 cm³/mol. The Bertz CT molecular complexity index is 897. The first-order chi connectivity index (χ1) is 12.5. The van der Waals surface area contributed by atoms with Gasteiger partial charge in [-0.2, -0.15) is 0 Å². The number of rotatable bonds is 4. The number of hydrogen-bond donors (Lipinski definition) is 2. The van der Waals surface area contributed by atoms with Crippen molar-refractivity contribution in [2.24, 2.45) is 0 Å². The van der Waals surface area contributed by atoms with E-state index < -0.39 is 24.0 Å². The van der Waals surface area contributed by atoms with Gasteiger partial charge in [-0.3, -0.25) is 4.79 Å². The topological polar surface area (TPSA) is 84.9 Å². The summed E-state index contributed by atoms with van der Waals surface area (Å²) in [7, 11) is 0. The highest BCUT2D eigenvalue weighted by atomic mass is 35.5. The van der Waals surface area contributed by atoms with Gasteiger partial charge in [0.2, 0.25) is 0 Å². The van der Waals surface area contributed by atoms with Crippen molar-refractivity contribution in [1.29, 1.82) is 0 Å². The number of carbonyl (C=O) groups is 2. The molecule has 0 saturated carbocycles. The number of carbonyl (C=O) groups excluding carboxylic acids is 1. The molecule has 0 aliphatic carbocycles. The molecule has 0 bridgehead atoms. The van der Waals surface area contributed by atoms with Crippen molar-refractivity contribution in [2.75, 3.05) is 6.61 Å². The Hall–Kier alpha value is -2.73. The smallest absolute Gasteiger partial charge is 0.330 e. The van der Waals surface area contributed by atoms with Gasteiger partial charge in [0.1, 0.15) is 11.5 Å². The summed E-state index contributed by atoms with van der Waals surface area (Å²) in [4.78, 5) is 24.3. The maximum Gasteiger partial charge on any atom is 0.330 e. The minimum Gasteiger partial charge on any atom is -0.493 e. The standard InChI is InChI=1S/C19H16ClNO5/c20-13-2-4-15-12(8-13)9-16(26-15)18(22)21-17(19(23)24)11-1-3-14-10(7-11)5-6-25-14/h1-4,7-8,16-17H,5-6,9H2,(H,21,22)(H,23,24). The van der Waals surface area contributed by atoms with Crippen LogP contribution in [0.25, 0.3) is 0 Å². The molecule has 2 N–H and O–H groups in total. The molecule has 2 unspecified atom stereocenters. The SMILES string of the molecule is O=C(NC(C(=O)O)c1ccc2c(c1)CCO2)C1Cc2cc(Cl)ccc2O1. The van der Waals surface area contributed by atoms with Gasteiger partial charge in [0, 0.05) is 17.9 Å². The average molecular weight is 374 g/mol. The maximum absolute atomic E-state index is 12.6. The number of halogens is 1. The zero-order valence-corrected chi connectivity index (χ0v) is 14.5. The second-order valence-corrected chi connectivity index (χ2v) is 6.74. The number of carboxylic acids is 1. The first kappa shape index (κ1) is 16.7. The molecule has 2 aromatic carbocycles. The third kappa shape index (κ3) is 3.08. The lowest BCUT2D eigenvalue weighted by Crippen LogP contribution is -2.42. The van der Waals surface area contributed by atoms with Crippen LogP contribution < -0.4 is 14.8 Å². The Morgan fingerprint density at radius 2 is 1.96 bits per heavy atom. The average Bonchev–Trinajstić information content (AvgIpc) is 3.24. The summed E-state index contributed by atoms with van der Waals surface area (Å²) in [5.74, 6) is -0.246. The quantitative estimate of drug-likeness (QED) is 0.860. The molecule has 2 aliphatic rings. The van der Waals surface area contributed by atoms with E-state index in [-0.39, 0.29) is 0 Å². The molecule has 0 fully saturated rings. The van der Waals surface area contributed by atoms with Crippen molar-refractivity contribution in [2.45, 2.75) is 25.0 Å². The molecular weight excluding hydrogens is 358 g/mol. The Morgan fingerprint density at radius 1 is 1.15 bits per heavy atom. The van der Waals surface area contributed by atoms with Gasteiger partial charge in [-0.15, -0.1) is 0 Å². The summed E-state index contributed by atoms with van der Waals surface area (Å²) < 4.78 is 11.1. The van der Waals surface area contributed by atoms with Crippen LogP contribution in [0.1, 0.15) is 22.7 Å². The van der Waals surface area contributed by atoms with Crippen molar-refractivity contribution < 1.29 is 24.2 Å². The minimum absolute atomic E-state index is 0.353. The van der Waals surface area contributed by atoms with Crippen LogP contribution in [0.3, 0.4) is 0 Å². The Kier molecular flexibility index (Phi) is 4.20. The van der Waals surface area contributed by atoms with E-state index in [4.69, 9.17) is 21.1 Å². The van der Waals surface area contributed by atoms with Crippen molar-refractivity contribution in [3.63, 3.8) is 0 Å². The van der Waals surface area contributed by atoms with Crippen molar-refractivity contribution in [1.82, 2.24) is 5.32 Å². The lowest BCUT2D eigenvalue weighted by molar-refractivity contribution is -0.143. The number of ether oxygens (including phenoxy) is 2. The molecule has 7 heteroatoms. The van der Waals surface area contributed by atoms with Crippen LogP contribution in [0.2, 0.25) is 5.02 Å². The number of amides is 1. The maximum atomic E-state index is 12.6. The van der Waals surface area contributed by atoms with Gasteiger partial charge in [-0.25, -0.2) is 4.79 Å². The molecule has 6 nitrogen and oxygen atoms in total. The molecular formula is C19H16ClNO5. The van der Waals surface area contributed by atoms with Gasteiger partial charge in [0.05, 0.1) is 6.61 Å². The predicted octanol–water partition coefficient (Wildman–Crippen LogP) is 2.52. The van der Waals surface area contributed by atoms with E-state index in [1.54, 1.807) is 36.4 Å². The fraction of sp³-hybridized carbons (Fsp3) is 0.263. The largest absolute Gasteiger partial charge is 0.493 e. The second kappa shape index (κ2) is 6.53. The highest BCUT2D eigenvalue weighted by molar-refractivity contribution is 6.30. The molecule has 0 aromatic heterocycles. The Labute approximate surface area is 154 Å². The van der Waals surface area contributed by atoms with Crippen LogP contribution in [-0.2, 0) is 22.4 Å². The number of carboxylic acid groups (broad SMARTS) is 1. The fourth-order valence-electron chi connectivity index (χ4n) is 3.27. The minimum atomic E-state index is -1.15. The highest BCUT2D eigenvalue weighted by Gasteiger charge is 2.33. The summed E-state index contributed by atoms with van der Waals surface area (Å²) in [6.07, 6.45) is 0.306. The van der Waals surface area contributed by atoms with Gasteiger partial charge >= 0.3 is 5.97 Å².